The molecule has 0 aliphatic heterocycles. The van der Waals surface area contributed by atoms with Crippen LogP contribution in [-0.4, -0.2) is 6.88 Å². The van der Waals surface area contributed by atoms with Gasteiger partial charge < -0.3 is 0 Å². The predicted octanol–water partition coefficient (Wildman–Crippen LogP) is 14.5. The van der Waals surface area contributed by atoms with Crippen LogP contribution in [0, 0.1) is 0 Å². The average molecular weight is 819 g/mol. The molecule has 4 heteroatoms. The Bertz CT molecular complexity index is 2240. The number of unbranched alkanes of at least 4 members (excludes halogenated alkanes) is 2. The number of hydrogen-bond donors (Lipinski definition) is 0. The maximum atomic E-state index is 2.83. The fraction of sp³-hybridized carbons (Fsp3) is 0.250. The van der Waals surface area contributed by atoms with Crippen LogP contribution < -0.4 is 0 Å². The number of allylic oxidation sites excluding steroid dienone is 2. The molecule has 2 unspecified atom stereocenters. The van der Waals surface area contributed by atoms with E-state index in [1.165, 1.54) is 93.5 Å². The normalized spacial score (nSPS) is 16.5. The minimum absolute atomic E-state index is 0. The summed E-state index contributed by atoms with van der Waals surface area (Å²) in [7, 11) is 0. The summed E-state index contributed by atoms with van der Waals surface area (Å²) in [6, 6.07) is 46.0. The van der Waals surface area contributed by atoms with Crippen molar-refractivity contribution in [1.29, 1.82) is 0 Å². The van der Waals surface area contributed by atoms with Gasteiger partial charge in [-0.15, -0.1) is 24.8 Å². The summed E-state index contributed by atoms with van der Waals surface area (Å²) in [5, 5.41) is 5.33. The zero-order chi connectivity index (χ0) is 34.5. The first kappa shape index (κ1) is 38.7. The van der Waals surface area contributed by atoms with E-state index in [4.69, 9.17) is 0 Å². The Labute approximate surface area is 326 Å². The quantitative estimate of drug-likeness (QED) is 0.121. The van der Waals surface area contributed by atoms with Crippen molar-refractivity contribution < 1.29 is 17.4 Å². The van der Waals surface area contributed by atoms with Gasteiger partial charge in [-0.1, -0.05) is 0 Å². The first-order valence-corrected chi connectivity index (χ1v) is 32.7. The monoisotopic (exact) mass is 816 g/mol. The maximum Gasteiger partial charge on any atom is -0.147 e. The summed E-state index contributed by atoms with van der Waals surface area (Å²) in [4.78, 5) is 0. The molecule has 0 fully saturated rings. The molecule has 6 aromatic carbocycles. The van der Waals surface area contributed by atoms with Gasteiger partial charge in [0.2, 0.25) is 0 Å². The second kappa shape index (κ2) is 15.4. The van der Waals surface area contributed by atoms with Gasteiger partial charge in [-0.05, 0) is 0 Å². The minimum Gasteiger partial charge on any atom is -0.147 e. The van der Waals surface area contributed by atoms with Gasteiger partial charge in [0.1, 0.15) is 0 Å². The average Bonchev–Trinajstić information content (AvgIpc) is 3.72. The Kier molecular flexibility index (Phi) is 11.5. The summed E-state index contributed by atoms with van der Waals surface area (Å²) in [6.45, 7) is 7.21. The molecular weight excluding hydrogens is 767 g/mol. The van der Waals surface area contributed by atoms with E-state index in [1.54, 1.807) is 22.3 Å². The number of fused-ring (bicyclic) bond motifs is 4. The SMILES string of the molecule is CCCCC1=Cc2c(-c3cccc4ccccc34)cccc2[CH]1[Zr]([CH3])([CH3])(=[SiH2])[CH]1C(CCCC)=Cc2c(-c3cccc4ccccc34)cccc21.Cl.Cl. The van der Waals surface area contributed by atoms with Crippen LogP contribution in [0.15, 0.2) is 132 Å². The molecule has 2 atom stereocenters. The molecule has 0 spiro atoms. The Morgan fingerprint density at radius 3 is 1.27 bits per heavy atom. The van der Waals surface area contributed by atoms with Crippen LogP contribution in [0.5, 0.6) is 0 Å². The summed E-state index contributed by atoms with van der Waals surface area (Å²) < 4.78 is 6.70. The van der Waals surface area contributed by atoms with Gasteiger partial charge in [0, 0.05) is 0 Å². The summed E-state index contributed by atoms with van der Waals surface area (Å²) in [5.41, 5.74) is 15.1. The van der Waals surface area contributed by atoms with Gasteiger partial charge in [-0.3, -0.25) is 0 Å². The molecule has 0 aromatic heterocycles. The molecule has 0 bridgehead atoms. The topological polar surface area (TPSA) is 0 Å². The zero-order valence-corrected chi connectivity index (χ0v) is 36.6. The summed E-state index contributed by atoms with van der Waals surface area (Å²) in [5.74, 6) is 0. The first-order valence-electron chi connectivity index (χ1n) is 19.0. The molecule has 2 aliphatic rings. The molecular formula is C48H52Cl2SiZr. The molecule has 8 rings (SSSR count). The van der Waals surface area contributed by atoms with E-state index >= 15 is 0 Å². The largest absolute Gasteiger partial charge is 0.147 e. The Balaban J connectivity index is 0.00000232. The van der Waals surface area contributed by atoms with Gasteiger partial charge in [0.15, 0.2) is 0 Å². The molecule has 6 aromatic rings. The molecule has 0 N–H and O–H groups in total. The van der Waals surface area contributed by atoms with Crippen molar-refractivity contribution >= 4 is 65.4 Å². The molecule has 0 saturated heterocycles. The van der Waals surface area contributed by atoms with Crippen LogP contribution in [-0.2, 0) is 17.4 Å². The van der Waals surface area contributed by atoms with Crippen molar-refractivity contribution in [3.63, 3.8) is 0 Å². The smallest absolute Gasteiger partial charge is 0.147 e. The van der Waals surface area contributed by atoms with E-state index in [-0.39, 0.29) is 24.8 Å². The van der Waals surface area contributed by atoms with E-state index in [0.717, 1.165) is 0 Å². The van der Waals surface area contributed by atoms with E-state index in [0.29, 0.717) is 7.25 Å². The second-order valence-electron chi connectivity index (χ2n) is 16.1. The third-order valence-electron chi connectivity index (χ3n) is 12.0. The van der Waals surface area contributed by atoms with Crippen molar-refractivity contribution in [2.45, 2.75) is 68.9 Å². The van der Waals surface area contributed by atoms with E-state index in [1.807, 2.05) is 0 Å². The van der Waals surface area contributed by atoms with E-state index in [9.17, 15) is 0 Å². The van der Waals surface area contributed by atoms with E-state index < -0.39 is 17.4 Å². The fourth-order valence-electron chi connectivity index (χ4n) is 9.92. The molecule has 0 saturated carbocycles. The summed E-state index contributed by atoms with van der Waals surface area (Å²) in [6.07, 6.45) is 12.7. The maximum absolute atomic E-state index is 3.79. The van der Waals surface area contributed by atoms with Crippen molar-refractivity contribution in [1.82, 2.24) is 0 Å². The number of hydrogen-bond acceptors (Lipinski definition) is 0. The van der Waals surface area contributed by atoms with Gasteiger partial charge in [-0.25, -0.2) is 0 Å². The van der Waals surface area contributed by atoms with Crippen LogP contribution in [0.3, 0.4) is 0 Å². The Morgan fingerprint density at radius 1 is 0.481 bits per heavy atom. The van der Waals surface area contributed by atoms with Crippen LogP contribution in [0.1, 0.15) is 81.9 Å². The summed E-state index contributed by atoms with van der Waals surface area (Å²) >= 11 is -3.79. The predicted molar refractivity (Wildman–Crippen MR) is 234 cm³/mol. The minimum atomic E-state index is -3.79. The standard InChI is InChI=1S/2C23H21.2CH3.2ClH.H2Si.Zr/c2*1-2-3-8-17-15-19-11-7-14-22(23(19)16-17)21-13-6-10-18-9-4-5-12-20(18)21;;;;;;/h2*4-7,9-16H,2-3,8H2,1H3;2*1H3;2*1H;1H2;. The third-order valence-corrected chi connectivity index (χ3v) is 29.5. The van der Waals surface area contributed by atoms with E-state index in [2.05, 4.69) is 163 Å². The number of halogens is 2. The van der Waals surface area contributed by atoms with Gasteiger partial charge in [0.25, 0.3) is 0 Å². The van der Waals surface area contributed by atoms with Crippen LogP contribution in [0.25, 0.3) is 56.0 Å². The first-order chi connectivity index (χ1) is 24.3. The molecule has 0 radical (unpaired) electrons. The van der Waals surface area contributed by atoms with Crippen molar-refractivity contribution in [3.05, 3.63) is 155 Å². The van der Waals surface area contributed by atoms with Crippen molar-refractivity contribution in [3.8, 4) is 22.3 Å². The van der Waals surface area contributed by atoms with Crippen molar-refractivity contribution in [2.24, 2.45) is 0 Å². The Hall–Kier alpha value is -3.00. The third kappa shape index (κ3) is 6.57. The molecule has 2 aliphatic carbocycles. The van der Waals surface area contributed by atoms with Crippen molar-refractivity contribution in [2.75, 3.05) is 0 Å². The number of rotatable bonds is 10. The second-order valence-corrected chi connectivity index (χ2v) is 46.6. The molecule has 0 amide bonds. The molecule has 0 heterocycles. The van der Waals surface area contributed by atoms with Crippen LogP contribution in [0.2, 0.25) is 9.26 Å². The van der Waals surface area contributed by atoms with Gasteiger partial charge in [0.05, 0.1) is 0 Å². The fourth-order valence-corrected chi connectivity index (χ4v) is 29.8. The van der Waals surface area contributed by atoms with Gasteiger partial charge in [-0.2, -0.15) is 0 Å². The Morgan fingerprint density at radius 2 is 0.846 bits per heavy atom. The zero-order valence-electron chi connectivity index (χ0n) is 31.1. The molecule has 266 valence electrons. The molecule has 0 nitrogen and oxygen atoms in total. The number of benzene rings is 6. The van der Waals surface area contributed by atoms with Crippen LogP contribution in [0.4, 0.5) is 0 Å². The van der Waals surface area contributed by atoms with Gasteiger partial charge >= 0.3 is 304 Å². The van der Waals surface area contributed by atoms with Crippen LogP contribution >= 0.6 is 24.8 Å². The molecule has 52 heavy (non-hydrogen) atoms.